The zero-order valence-electron chi connectivity index (χ0n) is 10.5. The second-order valence-electron chi connectivity index (χ2n) is 3.74. The molecule has 0 aliphatic carbocycles. The van der Waals surface area contributed by atoms with Gasteiger partial charge in [0.2, 0.25) is 0 Å². The van der Waals surface area contributed by atoms with Crippen LogP contribution in [0.4, 0.5) is 5.82 Å². The number of benzene rings is 1. The number of halogens is 1. The van der Waals surface area contributed by atoms with Gasteiger partial charge in [-0.1, -0.05) is 42.1 Å². The smallest absolute Gasteiger partial charge is 0.189 e. The second-order valence-corrected chi connectivity index (χ2v) is 4.51. The summed E-state index contributed by atoms with van der Waals surface area (Å²) in [6.45, 7) is 0.425. The lowest BCUT2D eigenvalue weighted by Crippen LogP contribution is -2.13. The lowest BCUT2D eigenvalue weighted by molar-refractivity contribution is 0.191. The van der Waals surface area contributed by atoms with Crippen molar-refractivity contribution < 1.29 is 5.11 Å². The highest BCUT2D eigenvalue weighted by Gasteiger charge is 2.06. The number of rotatable bonds is 5. The Kier molecular flexibility index (Phi) is 6.62. The quantitative estimate of drug-likeness (QED) is 0.656. The topological polar surface area (TPSA) is 58.0 Å². The minimum Gasteiger partial charge on any atom is -0.387 e. The highest BCUT2D eigenvalue weighted by Crippen LogP contribution is 2.14. The zero-order valence-corrected chi connectivity index (χ0v) is 12.1. The summed E-state index contributed by atoms with van der Waals surface area (Å²) < 4.78 is 0. The van der Waals surface area contributed by atoms with Crippen LogP contribution in [0.25, 0.3) is 0 Å². The van der Waals surface area contributed by atoms with Crippen LogP contribution >= 0.6 is 24.2 Å². The molecule has 2 aromatic rings. The van der Waals surface area contributed by atoms with E-state index in [1.165, 1.54) is 11.8 Å². The van der Waals surface area contributed by atoms with Crippen molar-refractivity contribution in [3.05, 3.63) is 48.2 Å². The second kappa shape index (κ2) is 7.99. The molecule has 0 radical (unpaired) electrons. The van der Waals surface area contributed by atoms with E-state index < -0.39 is 6.10 Å². The fourth-order valence-corrected chi connectivity index (χ4v) is 1.89. The minimum absolute atomic E-state index is 0. The minimum atomic E-state index is -0.543. The van der Waals surface area contributed by atoms with Gasteiger partial charge in [-0.25, -0.2) is 9.97 Å². The Morgan fingerprint density at radius 2 is 2.00 bits per heavy atom. The highest BCUT2D eigenvalue weighted by atomic mass is 35.5. The molecule has 0 bridgehead atoms. The van der Waals surface area contributed by atoms with Crippen molar-refractivity contribution in [2.45, 2.75) is 11.3 Å². The summed E-state index contributed by atoms with van der Waals surface area (Å²) in [6.07, 6.45) is 3.09. The summed E-state index contributed by atoms with van der Waals surface area (Å²) in [7, 11) is 0. The first kappa shape index (κ1) is 15.8. The Bertz CT molecular complexity index is 498. The first-order valence-electron chi connectivity index (χ1n) is 5.63. The van der Waals surface area contributed by atoms with Crippen LogP contribution in [-0.4, -0.2) is 27.9 Å². The standard InChI is InChI=1S/C13H15N3OS.ClH/c1-18-13-14-8-7-12(16-13)15-9-11(17)10-5-3-2-4-6-10;/h2-8,11,17H,9H2,1H3,(H,14,15,16);1H. The number of hydrogen-bond acceptors (Lipinski definition) is 5. The molecule has 102 valence electrons. The summed E-state index contributed by atoms with van der Waals surface area (Å²) in [5.41, 5.74) is 0.893. The first-order chi connectivity index (χ1) is 8.79. The summed E-state index contributed by atoms with van der Waals surface area (Å²) in [5.74, 6) is 0.726. The molecular weight excluding hydrogens is 282 g/mol. The van der Waals surface area contributed by atoms with E-state index in [0.717, 1.165) is 11.4 Å². The number of nitrogens with one attached hydrogen (secondary N) is 1. The van der Waals surface area contributed by atoms with Gasteiger partial charge in [-0.3, -0.25) is 0 Å². The Morgan fingerprint density at radius 3 is 2.68 bits per heavy atom. The van der Waals surface area contributed by atoms with E-state index >= 15 is 0 Å². The molecule has 1 aromatic heterocycles. The predicted molar refractivity (Wildman–Crippen MR) is 81.0 cm³/mol. The molecule has 0 fully saturated rings. The Hall–Kier alpha value is -1.30. The molecule has 0 aliphatic rings. The van der Waals surface area contributed by atoms with E-state index in [9.17, 15) is 5.11 Å². The lowest BCUT2D eigenvalue weighted by atomic mass is 10.1. The van der Waals surface area contributed by atoms with E-state index in [1.54, 1.807) is 12.3 Å². The number of anilines is 1. The van der Waals surface area contributed by atoms with E-state index in [2.05, 4.69) is 15.3 Å². The van der Waals surface area contributed by atoms with Crippen LogP contribution in [0.1, 0.15) is 11.7 Å². The van der Waals surface area contributed by atoms with Crippen LogP contribution in [-0.2, 0) is 0 Å². The van der Waals surface area contributed by atoms with Gasteiger partial charge in [0.25, 0.3) is 0 Å². The van der Waals surface area contributed by atoms with Gasteiger partial charge >= 0.3 is 0 Å². The fourth-order valence-electron chi connectivity index (χ4n) is 1.53. The molecule has 2 rings (SSSR count). The molecule has 1 aromatic carbocycles. The van der Waals surface area contributed by atoms with E-state index in [1.807, 2.05) is 36.6 Å². The van der Waals surface area contributed by atoms with Gasteiger partial charge < -0.3 is 10.4 Å². The molecule has 0 aliphatic heterocycles. The van der Waals surface area contributed by atoms with Crippen molar-refractivity contribution in [3.8, 4) is 0 Å². The normalized spacial score (nSPS) is 11.5. The summed E-state index contributed by atoms with van der Waals surface area (Å²) in [6, 6.07) is 11.3. The fraction of sp³-hybridized carbons (Fsp3) is 0.231. The maximum absolute atomic E-state index is 10.00. The lowest BCUT2D eigenvalue weighted by Gasteiger charge is -2.12. The average molecular weight is 298 g/mol. The molecule has 1 atom stereocenters. The Labute approximate surface area is 123 Å². The van der Waals surface area contributed by atoms with Gasteiger partial charge in [0.15, 0.2) is 5.16 Å². The van der Waals surface area contributed by atoms with Crippen molar-refractivity contribution in [2.75, 3.05) is 18.1 Å². The highest BCUT2D eigenvalue weighted by molar-refractivity contribution is 7.98. The van der Waals surface area contributed by atoms with E-state index in [0.29, 0.717) is 11.7 Å². The van der Waals surface area contributed by atoms with Crippen LogP contribution in [0.5, 0.6) is 0 Å². The van der Waals surface area contributed by atoms with Crippen molar-refractivity contribution in [1.29, 1.82) is 0 Å². The largest absolute Gasteiger partial charge is 0.387 e. The Balaban J connectivity index is 0.00000180. The molecule has 0 spiro atoms. The summed E-state index contributed by atoms with van der Waals surface area (Å²) >= 11 is 1.49. The maximum Gasteiger partial charge on any atom is 0.189 e. The van der Waals surface area contributed by atoms with Crippen molar-refractivity contribution in [3.63, 3.8) is 0 Å². The average Bonchev–Trinajstić information content (AvgIpc) is 2.46. The molecule has 19 heavy (non-hydrogen) atoms. The molecular formula is C13H16ClN3OS. The van der Waals surface area contributed by atoms with Gasteiger partial charge in [-0.05, 0) is 17.9 Å². The van der Waals surface area contributed by atoms with Crippen molar-refractivity contribution >= 4 is 30.0 Å². The molecule has 1 heterocycles. The van der Waals surface area contributed by atoms with Gasteiger partial charge in [0.1, 0.15) is 5.82 Å². The number of aliphatic hydroxyl groups is 1. The molecule has 2 N–H and O–H groups in total. The number of nitrogens with zero attached hydrogens (tertiary/aromatic N) is 2. The van der Waals surface area contributed by atoms with Crippen LogP contribution in [0.3, 0.4) is 0 Å². The molecule has 4 nitrogen and oxygen atoms in total. The first-order valence-corrected chi connectivity index (χ1v) is 6.86. The third-order valence-corrected chi connectivity index (χ3v) is 3.04. The summed E-state index contributed by atoms with van der Waals surface area (Å²) in [5, 5.41) is 13.8. The number of aliphatic hydroxyl groups excluding tert-OH is 1. The van der Waals surface area contributed by atoms with Crippen molar-refractivity contribution in [2.24, 2.45) is 0 Å². The number of thioether (sulfide) groups is 1. The summed E-state index contributed by atoms with van der Waals surface area (Å²) in [4.78, 5) is 8.38. The van der Waals surface area contributed by atoms with Crippen LogP contribution in [0.15, 0.2) is 47.8 Å². The van der Waals surface area contributed by atoms with Crippen molar-refractivity contribution in [1.82, 2.24) is 9.97 Å². The Morgan fingerprint density at radius 1 is 1.26 bits per heavy atom. The third-order valence-electron chi connectivity index (χ3n) is 2.48. The van der Waals surface area contributed by atoms with Crippen LogP contribution in [0.2, 0.25) is 0 Å². The molecule has 0 saturated heterocycles. The molecule has 1 unspecified atom stereocenters. The number of hydrogen-bond donors (Lipinski definition) is 2. The van der Waals surface area contributed by atoms with Gasteiger partial charge in [0.05, 0.1) is 6.10 Å². The molecule has 6 heteroatoms. The van der Waals surface area contributed by atoms with Gasteiger partial charge in [-0.15, -0.1) is 12.4 Å². The SMILES string of the molecule is CSc1nccc(NCC(O)c2ccccc2)n1.Cl. The molecule has 0 amide bonds. The third kappa shape index (κ3) is 4.70. The van der Waals surface area contributed by atoms with E-state index in [-0.39, 0.29) is 12.4 Å². The zero-order chi connectivity index (χ0) is 12.8. The van der Waals surface area contributed by atoms with Crippen LogP contribution in [0, 0.1) is 0 Å². The van der Waals surface area contributed by atoms with Gasteiger partial charge in [0, 0.05) is 12.7 Å². The molecule has 0 saturated carbocycles. The number of aromatic nitrogens is 2. The van der Waals surface area contributed by atoms with Crippen LogP contribution < -0.4 is 5.32 Å². The maximum atomic E-state index is 10.00. The predicted octanol–water partition coefficient (Wildman–Crippen LogP) is 2.77. The van der Waals surface area contributed by atoms with Gasteiger partial charge in [-0.2, -0.15) is 0 Å². The van der Waals surface area contributed by atoms with E-state index in [4.69, 9.17) is 0 Å². The monoisotopic (exact) mass is 297 g/mol.